The molecule has 1 atom stereocenters. The largest absolute Gasteiger partial charge is 0.462 e. The number of unbranched alkanes of at least 4 members (excludes halogenated alkanes) is 16. The minimum atomic E-state index is -0.813. The number of ether oxygens (including phenoxy) is 3. The number of hydrogen-bond donors (Lipinski definition) is 0. The second-order valence-corrected chi connectivity index (χ2v) is 19.5. The van der Waals surface area contributed by atoms with Crippen LogP contribution >= 0.6 is 0 Å². The SMILES string of the molecule is CC/C=C\C/C=C\C/C=C\C/C=C\C/C=C\C/C=C\C/C=C\C/C=C\C/C=C\CCCCCC(=O)OCC(COC(=O)CCCCCCC/C=C\C/C=C\CCC)OC(=O)CCCCCCC/C=C\C/C=C\CCCC. The fourth-order valence-corrected chi connectivity index (χ4v) is 7.66. The summed E-state index contributed by atoms with van der Waals surface area (Å²) in [6.07, 6.45) is 91.0. The lowest BCUT2D eigenvalue weighted by Crippen LogP contribution is -2.30. The molecule has 0 aromatic carbocycles. The van der Waals surface area contributed by atoms with E-state index in [2.05, 4.69) is 179 Å². The second-order valence-electron chi connectivity index (χ2n) is 19.5. The van der Waals surface area contributed by atoms with Crippen molar-refractivity contribution in [3.05, 3.63) is 158 Å². The van der Waals surface area contributed by atoms with Gasteiger partial charge in [-0.3, -0.25) is 14.4 Å². The van der Waals surface area contributed by atoms with Crippen LogP contribution < -0.4 is 0 Å². The van der Waals surface area contributed by atoms with Crippen LogP contribution in [-0.2, 0) is 28.6 Å². The lowest BCUT2D eigenvalue weighted by atomic mass is 10.1. The van der Waals surface area contributed by atoms with Gasteiger partial charge < -0.3 is 14.2 Å². The summed E-state index contributed by atoms with van der Waals surface area (Å²) in [5.41, 5.74) is 0. The van der Waals surface area contributed by atoms with Gasteiger partial charge in [0.25, 0.3) is 0 Å². The Labute approximate surface area is 467 Å². The molecule has 0 aliphatic carbocycles. The minimum absolute atomic E-state index is 0.108. The Bertz CT molecular complexity index is 1720. The van der Waals surface area contributed by atoms with Crippen LogP contribution in [0.2, 0.25) is 0 Å². The third kappa shape index (κ3) is 59.9. The monoisotopic (exact) mass is 1050 g/mol. The quantitative estimate of drug-likeness (QED) is 0.0261. The summed E-state index contributed by atoms with van der Waals surface area (Å²) in [5.74, 6) is -0.977. The molecule has 0 rings (SSSR count). The Kier molecular flexibility index (Phi) is 58.5. The van der Waals surface area contributed by atoms with Crippen molar-refractivity contribution in [3.8, 4) is 0 Å². The Balaban J connectivity index is 4.40. The number of carbonyl (C=O) groups is 3. The summed E-state index contributed by atoms with van der Waals surface area (Å²) >= 11 is 0. The predicted octanol–water partition coefficient (Wildman–Crippen LogP) is 20.9. The third-order valence-corrected chi connectivity index (χ3v) is 12.2. The predicted molar refractivity (Wildman–Crippen MR) is 329 cm³/mol. The lowest BCUT2D eigenvalue weighted by molar-refractivity contribution is -0.167. The van der Waals surface area contributed by atoms with Gasteiger partial charge in [0.1, 0.15) is 13.2 Å². The van der Waals surface area contributed by atoms with Gasteiger partial charge in [-0.2, -0.15) is 0 Å². The summed E-state index contributed by atoms with van der Waals surface area (Å²) in [4.78, 5) is 38.2. The van der Waals surface area contributed by atoms with E-state index in [4.69, 9.17) is 14.2 Å². The molecular weight excluding hydrogens is 937 g/mol. The van der Waals surface area contributed by atoms with Gasteiger partial charge in [0, 0.05) is 19.3 Å². The van der Waals surface area contributed by atoms with Crippen molar-refractivity contribution in [1.29, 1.82) is 0 Å². The van der Waals surface area contributed by atoms with E-state index in [9.17, 15) is 14.4 Å². The molecule has 6 heteroatoms. The molecule has 6 nitrogen and oxygen atoms in total. The summed E-state index contributed by atoms with van der Waals surface area (Å²) < 4.78 is 16.8. The van der Waals surface area contributed by atoms with Crippen molar-refractivity contribution in [2.75, 3.05) is 13.2 Å². The molecule has 0 amide bonds. The number of allylic oxidation sites excluding steroid dienone is 26. The van der Waals surface area contributed by atoms with Crippen LogP contribution in [0.1, 0.15) is 245 Å². The summed E-state index contributed by atoms with van der Waals surface area (Å²) in [6, 6.07) is 0. The molecule has 426 valence electrons. The molecule has 1 unspecified atom stereocenters. The number of esters is 3. The van der Waals surface area contributed by atoms with E-state index in [0.29, 0.717) is 19.3 Å². The first kappa shape index (κ1) is 71.0. The van der Waals surface area contributed by atoms with E-state index in [-0.39, 0.29) is 31.1 Å². The first-order chi connectivity index (χ1) is 37.5. The topological polar surface area (TPSA) is 78.9 Å². The van der Waals surface area contributed by atoms with E-state index in [0.717, 1.165) is 180 Å². The summed E-state index contributed by atoms with van der Waals surface area (Å²) in [5, 5.41) is 0. The van der Waals surface area contributed by atoms with Gasteiger partial charge >= 0.3 is 17.9 Å². The molecule has 0 saturated carbocycles. The molecule has 0 aliphatic rings. The number of carbonyl (C=O) groups excluding carboxylic acids is 3. The molecule has 0 radical (unpaired) electrons. The highest BCUT2D eigenvalue weighted by molar-refractivity contribution is 5.71. The van der Waals surface area contributed by atoms with Crippen LogP contribution in [0.4, 0.5) is 0 Å². The van der Waals surface area contributed by atoms with Crippen LogP contribution in [0.25, 0.3) is 0 Å². The Morgan fingerprint density at radius 2 is 0.539 bits per heavy atom. The highest BCUT2D eigenvalue weighted by atomic mass is 16.6. The van der Waals surface area contributed by atoms with Crippen LogP contribution in [0, 0.1) is 0 Å². The van der Waals surface area contributed by atoms with Crippen molar-refractivity contribution in [2.24, 2.45) is 0 Å². The molecule has 0 aliphatic heterocycles. The Morgan fingerprint density at radius 3 is 0.868 bits per heavy atom. The standard InChI is InChI=1S/C70H110O6/c1-4-7-10-13-16-19-22-25-27-28-29-30-31-32-33-34-35-36-37-38-39-40-41-42-43-46-48-51-54-57-60-63-69(72)75-66-67(65-74-68(71)62-59-56-53-50-47-44-24-21-18-15-12-9-6-3)76-70(73)64-61-58-55-52-49-45-26-23-20-17-14-11-8-5-2/h7,10,12,14-17,19,21,23-27,29-30,32-33,35-36,38-39,41-42,46,48,67H,4-6,8-9,11,13,18,20,22,28,31,34,37,40,43-45,47,49-66H2,1-3H3/b10-7-,15-12-,17-14-,19-16-,24-21-,26-23-,27-25-,30-29-,33-32-,36-35-,39-38-,42-41-,48-46-. The van der Waals surface area contributed by atoms with Gasteiger partial charge in [-0.05, 0) is 141 Å². The maximum absolute atomic E-state index is 12.8. The molecule has 0 aromatic rings. The van der Waals surface area contributed by atoms with E-state index in [1.165, 1.54) is 25.7 Å². The zero-order chi connectivity index (χ0) is 55.0. The van der Waals surface area contributed by atoms with Crippen LogP contribution in [-0.4, -0.2) is 37.2 Å². The van der Waals surface area contributed by atoms with Gasteiger partial charge in [0.15, 0.2) is 6.10 Å². The second kappa shape index (κ2) is 62.6. The molecule has 76 heavy (non-hydrogen) atoms. The molecular formula is C70H110O6. The van der Waals surface area contributed by atoms with Crippen LogP contribution in [0.15, 0.2) is 158 Å². The molecule has 0 fully saturated rings. The highest BCUT2D eigenvalue weighted by Gasteiger charge is 2.19. The fraction of sp³-hybridized carbons (Fsp3) is 0.586. The Morgan fingerprint density at radius 1 is 0.276 bits per heavy atom. The first-order valence-corrected chi connectivity index (χ1v) is 30.5. The maximum Gasteiger partial charge on any atom is 0.306 e. The molecule has 0 saturated heterocycles. The zero-order valence-electron chi connectivity index (χ0n) is 48.7. The Hall–Kier alpha value is -4.97. The minimum Gasteiger partial charge on any atom is -0.462 e. The number of hydrogen-bond acceptors (Lipinski definition) is 6. The molecule has 0 heterocycles. The van der Waals surface area contributed by atoms with E-state index >= 15 is 0 Å². The van der Waals surface area contributed by atoms with E-state index in [1.54, 1.807) is 0 Å². The zero-order valence-corrected chi connectivity index (χ0v) is 48.7. The normalized spacial score (nSPS) is 13.2. The summed E-state index contributed by atoms with van der Waals surface area (Å²) in [7, 11) is 0. The number of rotatable bonds is 53. The van der Waals surface area contributed by atoms with Crippen LogP contribution in [0.3, 0.4) is 0 Å². The average molecular weight is 1050 g/mol. The molecule has 0 N–H and O–H groups in total. The van der Waals surface area contributed by atoms with Crippen molar-refractivity contribution in [2.45, 2.75) is 252 Å². The van der Waals surface area contributed by atoms with Crippen molar-refractivity contribution in [3.63, 3.8) is 0 Å². The van der Waals surface area contributed by atoms with E-state index < -0.39 is 6.10 Å². The van der Waals surface area contributed by atoms with Crippen LogP contribution in [0.5, 0.6) is 0 Å². The first-order valence-electron chi connectivity index (χ1n) is 30.5. The van der Waals surface area contributed by atoms with Gasteiger partial charge in [0.05, 0.1) is 0 Å². The smallest absolute Gasteiger partial charge is 0.306 e. The maximum atomic E-state index is 12.8. The van der Waals surface area contributed by atoms with Gasteiger partial charge in [0.2, 0.25) is 0 Å². The van der Waals surface area contributed by atoms with Crippen molar-refractivity contribution in [1.82, 2.24) is 0 Å². The van der Waals surface area contributed by atoms with Gasteiger partial charge in [-0.15, -0.1) is 0 Å². The summed E-state index contributed by atoms with van der Waals surface area (Å²) in [6.45, 7) is 6.35. The van der Waals surface area contributed by atoms with Crippen molar-refractivity contribution < 1.29 is 28.6 Å². The fourth-order valence-electron chi connectivity index (χ4n) is 7.66. The van der Waals surface area contributed by atoms with Gasteiger partial charge in [-0.1, -0.05) is 243 Å². The molecule has 0 aromatic heterocycles. The molecule has 0 bridgehead atoms. The van der Waals surface area contributed by atoms with Crippen molar-refractivity contribution >= 4 is 17.9 Å². The van der Waals surface area contributed by atoms with Gasteiger partial charge in [-0.25, -0.2) is 0 Å². The lowest BCUT2D eigenvalue weighted by Gasteiger charge is -2.18. The van der Waals surface area contributed by atoms with E-state index in [1.807, 2.05) is 0 Å². The molecule has 0 spiro atoms. The third-order valence-electron chi connectivity index (χ3n) is 12.2. The average Bonchev–Trinajstić information content (AvgIpc) is 3.42. The highest BCUT2D eigenvalue weighted by Crippen LogP contribution is 2.13.